The zero-order valence-electron chi connectivity index (χ0n) is 12.8. The maximum absolute atomic E-state index is 11.8. The number of carbonyl (C=O) groups excluding carboxylic acids is 2. The van der Waals surface area contributed by atoms with Gasteiger partial charge in [-0.25, -0.2) is 0 Å². The Bertz CT molecular complexity index is 547. The Morgan fingerprint density at radius 3 is 2.86 bits per heavy atom. The maximum Gasteiger partial charge on any atom is 0.227 e. The van der Waals surface area contributed by atoms with Crippen LogP contribution in [0.3, 0.4) is 0 Å². The molecule has 1 aromatic rings. The fourth-order valence-corrected chi connectivity index (χ4v) is 2.01. The second-order valence-electron chi connectivity index (χ2n) is 6.23. The quantitative estimate of drug-likeness (QED) is 0.896. The maximum atomic E-state index is 11.8. The molecule has 2 rings (SSSR count). The predicted octanol–water partition coefficient (Wildman–Crippen LogP) is 2.11. The Morgan fingerprint density at radius 1 is 1.38 bits per heavy atom. The summed E-state index contributed by atoms with van der Waals surface area (Å²) in [6.07, 6.45) is 1.08. The van der Waals surface area contributed by atoms with Gasteiger partial charge in [0.1, 0.15) is 5.75 Å². The first kappa shape index (κ1) is 15.4. The lowest BCUT2D eigenvalue weighted by Gasteiger charge is -2.17. The summed E-state index contributed by atoms with van der Waals surface area (Å²) in [5.41, 5.74) is 1.38. The number of hydrogen-bond donors (Lipinski definition) is 2. The highest BCUT2D eigenvalue weighted by atomic mass is 16.5. The highest BCUT2D eigenvalue weighted by Gasteiger charge is 2.20. The predicted molar refractivity (Wildman–Crippen MR) is 81.4 cm³/mol. The molecule has 0 spiro atoms. The molecule has 1 heterocycles. The number of anilines is 1. The van der Waals surface area contributed by atoms with Crippen molar-refractivity contribution in [3.05, 3.63) is 23.8 Å². The first-order valence-electron chi connectivity index (χ1n) is 7.20. The van der Waals surface area contributed by atoms with Crippen LogP contribution < -0.4 is 15.4 Å². The lowest BCUT2D eigenvalue weighted by atomic mass is 9.95. The molecule has 0 saturated carbocycles. The Morgan fingerprint density at radius 2 is 2.14 bits per heavy atom. The topological polar surface area (TPSA) is 67.4 Å². The van der Waals surface area contributed by atoms with Gasteiger partial charge < -0.3 is 15.4 Å². The van der Waals surface area contributed by atoms with E-state index in [0.717, 1.165) is 5.56 Å². The van der Waals surface area contributed by atoms with Crippen LogP contribution in [0.2, 0.25) is 0 Å². The van der Waals surface area contributed by atoms with E-state index in [1.165, 1.54) is 0 Å². The lowest BCUT2D eigenvalue weighted by Crippen LogP contribution is -2.35. The van der Waals surface area contributed by atoms with Crippen LogP contribution >= 0.6 is 0 Å². The second-order valence-corrected chi connectivity index (χ2v) is 6.23. The molecular weight excluding hydrogens is 268 g/mol. The standard InChI is InChI=1S/C16H22N2O3/c1-16(2,3)15(20)17-8-6-11-4-5-13-12(10-11)18-14(19)7-9-21-13/h4-5,10H,6-9H2,1-3H3,(H,17,20)(H,18,19). The van der Waals surface area contributed by atoms with Crippen molar-refractivity contribution >= 4 is 17.5 Å². The van der Waals surface area contributed by atoms with Gasteiger partial charge in [0.2, 0.25) is 11.8 Å². The smallest absolute Gasteiger partial charge is 0.227 e. The van der Waals surface area contributed by atoms with E-state index in [9.17, 15) is 9.59 Å². The van der Waals surface area contributed by atoms with Crippen molar-refractivity contribution < 1.29 is 14.3 Å². The molecule has 0 aromatic heterocycles. The third-order valence-electron chi connectivity index (χ3n) is 3.29. The number of rotatable bonds is 3. The SMILES string of the molecule is CC(C)(C)C(=O)NCCc1ccc2c(c1)NC(=O)CCO2. The van der Waals surface area contributed by atoms with Gasteiger partial charge in [0.05, 0.1) is 18.7 Å². The van der Waals surface area contributed by atoms with Crippen molar-refractivity contribution in [2.45, 2.75) is 33.6 Å². The second kappa shape index (κ2) is 6.16. The molecule has 1 aromatic carbocycles. The summed E-state index contributed by atoms with van der Waals surface area (Å²) in [5, 5.41) is 5.75. The molecule has 5 heteroatoms. The molecule has 0 saturated heterocycles. The molecule has 0 unspecified atom stereocenters. The van der Waals surface area contributed by atoms with E-state index in [1.807, 2.05) is 39.0 Å². The minimum absolute atomic E-state index is 0.0352. The first-order chi connectivity index (χ1) is 9.86. The van der Waals surface area contributed by atoms with Crippen LogP contribution in [0, 0.1) is 5.41 Å². The summed E-state index contributed by atoms with van der Waals surface area (Å²) in [6.45, 7) is 6.64. The molecule has 2 amide bonds. The van der Waals surface area contributed by atoms with E-state index < -0.39 is 0 Å². The van der Waals surface area contributed by atoms with Gasteiger partial charge in [0, 0.05) is 12.0 Å². The van der Waals surface area contributed by atoms with Crippen molar-refractivity contribution in [3.8, 4) is 5.75 Å². The number of nitrogens with one attached hydrogen (secondary N) is 2. The lowest BCUT2D eigenvalue weighted by molar-refractivity contribution is -0.128. The first-order valence-corrected chi connectivity index (χ1v) is 7.20. The summed E-state index contributed by atoms with van der Waals surface area (Å²) in [7, 11) is 0. The van der Waals surface area contributed by atoms with Crippen LogP contribution in [-0.4, -0.2) is 25.0 Å². The summed E-state index contributed by atoms with van der Waals surface area (Å²) >= 11 is 0. The fraction of sp³-hybridized carbons (Fsp3) is 0.500. The van der Waals surface area contributed by atoms with E-state index in [2.05, 4.69) is 10.6 Å². The van der Waals surface area contributed by atoms with Gasteiger partial charge in [-0.05, 0) is 24.1 Å². The number of benzene rings is 1. The van der Waals surface area contributed by atoms with E-state index in [4.69, 9.17) is 4.74 Å². The molecule has 21 heavy (non-hydrogen) atoms. The van der Waals surface area contributed by atoms with Gasteiger partial charge in [0.25, 0.3) is 0 Å². The summed E-state index contributed by atoms with van der Waals surface area (Å²) < 4.78 is 5.51. The number of amides is 2. The Labute approximate surface area is 125 Å². The molecule has 0 aliphatic carbocycles. The molecule has 114 valence electrons. The Kier molecular flexibility index (Phi) is 4.50. The van der Waals surface area contributed by atoms with Gasteiger partial charge in [-0.15, -0.1) is 0 Å². The molecule has 1 aliphatic heterocycles. The van der Waals surface area contributed by atoms with Gasteiger partial charge in [-0.2, -0.15) is 0 Å². The number of fused-ring (bicyclic) bond motifs is 1. The number of ether oxygens (including phenoxy) is 1. The Balaban J connectivity index is 1.96. The molecule has 0 bridgehead atoms. The number of hydrogen-bond acceptors (Lipinski definition) is 3. The van der Waals surface area contributed by atoms with Crippen LogP contribution in [-0.2, 0) is 16.0 Å². The van der Waals surface area contributed by atoms with E-state index in [1.54, 1.807) is 0 Å². The summed E-state index contributed by atoms with van der Waals surface area (Å²) in [6, 6.07) is 5.73. The zero-order chi connectivity index (χ0) is 15.5. The summed E-state index contributed by atoms with van der Waals surface area (Å²) in [5.74, 6) is 0.698. The van der Waals surface area contributed by atoms with Gasteiger partial charge >= 0.3 is 0 Å². The van der Waals surface area contributed by atoms with Gasteiger partial charge in [-0.1, -0.05) is 26.8 Å². The van der Waals surface area contributed by atoms with Crippen molar-refractivity contribution in [1.29, 1.82) is 0 Å². The highest BCUT2D eigenvalue weighted by molar-refractivity contribution is 5.93. The minimum Gasteiger partial charge on any atom is -0.491 e. The molecule has 1 aliphatic rings. The van der Waals surface area contributed by atoms with Crippen LogP contribution in [0.25, 0.3) is 0 Å². The van der Waals surface area contributed by atoms with Crippen molar-refractivity contribution in [2.24, 2.45) is 5.41 Å². The van der Waals surface area contributed by atoms with Gasteiger partial charge in [0.15, 0.2) is 0 Å². The highest BCUT2D eigenvalue weighted by Crippen LogP contribution is 2.28. The van der Waals surface area contributed by atoms with Crippen molar-refractivity contribution in [2.75, 3.05) is 18.5 Å². The van der Waals surface area contributed by atoms with Crippen LogP contribution in [0.15, 0.2) is 18.2 Å². The van der Waals surface area contributed by atoms with E-state index in [0.29, 0.717) is 37.4 Å². The molecule has 0 fully saturated rings. The third-order valence-corrected chi connectivity index (χ3v) is 3.29. The largest absolute Gasteiger partial charge is 0.491 e. The monoisotopic (exact) mass is 290 g/mol. The van der Waals surface area contributed by atoms with E-state index >= 15 is 0 Å². The minimum atomic E-state index is -0.379. The van der Waals surface area contributed by atoms with Crippen molar-refractivity contribution in [1.82, 2.24) is 5.32 Å². The van der Waals surface area contributed by atoms with Crippen molar-refractivity contribution in [3.63, 3.8) is 0 Å². The van der Waals surface area contributed by atoms with Crippen LogP contribution in [0.4, 0.5) is 5.69 Å². The third kappa shape index (κ3) is 4.21. The normalized spacial score (nSPS) is 14.5. The number of carbonyl (C=O) groups is 2. The molecule has 0 radical (unpaired) electrons. The molecular formula is C16H22N2O3. The average molecular weight is 290 g/mol. The molecule has 2 N–H and O–H groups in total. The van der Waals surface area contributed by atoms with Crippen LogP contribution in [0.5, 0.6) is 5.75 Å². The van der Waals surface area contributed by atoms with Crippen LogP contribution in [0.1, 0.15) is 32.8 Å². The van der Waals surface area contributed by atoms with E-state index in [-0.39, 0.29) is 17.2 Å². The van der Waals surface area contributed by atoms with Gasteiger partial charge in [-0.3, -0.25) is 9.59 Å². The fourth-order valence-electron chi connectivity index (χ4n) is 2.01. The zero-order valence-corrected chi connectivity index (χ0v) is 12.8. The molecule has 5 nitrogen and oxygen atoms in total. The average Bonchev–Trinajstić information content (AvgIpc) is 2.57. The summed E-state index contributed by atoms with van der Waals surface area (Å²) in [4.78, 5) is 23.3. The Hall–Kier alpha value is -2.04. The molecule has 0 atom stereocenters.